The Morgan fingerprint density at radius 2 is 1.85 bits per heavy atom. The molecule has 7 nitrogen and oxygen atoms in total. The highest BCUT2D eigenvalue weighted by molar-refractivity contribution is 7.92. The molecular weight excluding hydrogens is 330 g/mol. The summed E-state index contributed by atoms with van der Waals surface area (Å²) < 4.78 is 47.0. The molecule has 1 unspecified atom stereocenters. The lowest BCUT2D eigenvalue weighted by Gasteiger charge is -2.10. The van der Waals surface area contributed by atoms with Crippen LogP contribution in [0.25, 0.3) is 0 Å². The van der Waals surface area contributed by atoms with Gasteiger partial charge in [-0.25, -0.2) is 16.8 Å². The molecule has 0 saturated carbocycles. The van der Waals surface area contributed by atoms with Crippen molar-refractivity contribution in [3.05, 3.63) is 28.3 Å². The molecule has 0 fully saturated rings. The van der Waals surface area contributed by atoms with E-state index in [0.29, 0.717) is 0 Å². The highest BCUT2D eigenvalue weighted by Crippen LogP contribution is 2.29. The molecule has 1 rings (SSSR count). The van der Waals surface area contributed by atoms with Crippen molar-refractivity contribution in [3.8, 4) is 0 Å². The van der Waals surface area contributed by atoms with Gasteiger partial charge >= 0.3 is 0 Å². The van der Waals surface area contributed by atoms with Crippen LogP contribution in [0.2, 0.25) is 0 Å². The van der Waals surface area contributed by atoms with E-state index in [0.717, 1.165) is 24.5 Å². The van der Waals surface area contributed by atoms with Crippen molar-refractivity contribution < 1.29 is 21.8 Å². The number of halogens is 1. The smallest absolute Gasteiger partial charge is 0.258 e. The van der Waals surface area contributed by atoms with Crippen molar-refractivity contribution in [2.75, 3.05) is 12.1 Å². The predicted octanol–water partition coefficient (Wildman–Crippen LogP) is 1.40. The molecule has 0 radical (unpaired) electrons. The number of nitro groups is 1. The molecule has 0 aliphatic heterocycles. The second-order valence-corrected chi connectivity index (χ2v) is 8.83. The van der Waals surface area contributed by atoms with E-state index in [1.54, 1.807) is 0 Å². The summed E-state index contributed by atoms with van der Waals surface area (Å²) in [6.07, 6.45) is 0.877. The Kier molecular flexibility index (Phi) is 4.78. The number of nitrogens with zero attached hydrogens (tertiary/aromatic N) is 1. The van der Waals surface area contributed by atoms with Crippen LogP contribution in [0, 0.1) is 10.1 Å². The fraction of sp³-hybridized carbons (Fsp3) is 0.400. The minimum Gasteiger partial charge on any atom is -0.258 e. The van der Waals surface area contributed by atoms with Crippen molar-refractivity contribution >= 4 is 37.0 Å². The zero-order valence-electron chi connectivity index (χ0n) is 10.6. The fourth-order valence-electron chi connectivity index (χ4n) is 1.41. The van der Waals surface area contributed by atoms with Gasteiger partial charge in [-0.05, 0) is 19.1 Å². The zero-order valence-corrected chi connectivity index (χ0v) is 13.0. The van der Waals surface area contributed by atoms with Gasteiger partial charge in [-0.2, -0.15) is 0 Å². The second kappa shape index (κ2) is 5.66. The molecule has 112 valence electrons. The summed E-state index contributed by atoms with van der Waals surface area (Å²) >= 11 is 5.48. The first kappa shape index (κ1) is 16.9. The fourth-order valence-corrected chi connectivity index (χ4v) is 3.83. The van der Waals surface area contributed by atoms with Crippen LogP contribution in [0.15, 0.2) is 28.0 Å². The molecule has 0 aliphatic carbocycles. The van der Waals surface area contributed by atoms with Crippen molar-refractivity contribution in [2.45, 2.75) is 22.0 Å². The summed E-state index contributed by atoms with van der Waals surface area (Å²) in [6.45, 7) is 1.32. The van der Waals surface area contributed by atoms with Gasteiger partial charge in [0.1, 0.15) is 4.90 Å². The van der Waals surface area contributed by atoms with Gasteiger partial charge in [-0.1, -0.05) is 0 Å². The summed E-state index contributed by atoms with van der Waals surface area (Å²) in [5, 5.41) is 9.95. The van der Waals surface area contributed by atoms with Crippen molar-refractivity contribution in [3.63, 3.8) is 0 Å². The van der Waals surface area contributed by atoms with E-state index in [1.165, 1.54) is 6.92 Å². The molecule has 0 aromatic heterocycles. The Morgan fingerprint density at radius 3 is 2.25 bits per heavy atom. The molecule has 0 spiro atoms. The molecule has 0 amide bonds. The molecule has 1 aromatic carbocycles. The Morgan fingerprint density at radius 1 is 1.30 bits per heavy atom. The van der Waals surface area contributed by atoms with E-state index in [2.05, 4.69) is 0 Å². The predicted molar refractivity (Wildman–Crippen MR) is 73.6 cm³/mol. The lowest BCUT2D eigenvalue weighted by molar-refractivity contribution is -0.388. The second-order valence-electron chi connectivity index (χ2n) is 4.17. The van der Waals surface area contributed by atoms with Crippen molar-refractivity contribution in [1.82, 2.24) is 0 Å². The van der Waals surface area contributed by atoms with Gasteiger partial charge in [0.05, 0.1) is 15.1 Å². The Hall–Kier alpha value is -1.19. The van der Waals surface area contributed by atoms with Crippen LogP contribution in [-0.2, 0) is 19.7 Å². The number of sulfone groups is 2. The van der Waals surface area contributed by atoms with E-state index in [4.69, 9.17) is 11.6 Å². The molecule has 0 aliphatic rings. The van der Waals surface area contributed by atoms with Crippen molar-refractivity contribution in [1.29, 1.82) is 0 Å². The molecule has 0 N–H and O–H groups in total. The maximum absolute atomic E-state index is 12.1. The molecule has 20 heavy (non-hydrogen) atoms. The Bertz CT molecular complexity index is 741. The third-order valence-corrected chi connectivity index (χ3v) is 6.55. The van der Waals surface area contributed by atoms with Crippen LogP contribution in [-0.4, -0.2) is 39.1 Å². The maximum atomic E-state index is 12.1. The van der Waals surface area contributed by atoms with E-state index in [9.17, 15) is 26.9 Å². The summed E-state index contributed by atoms with van der Waals surface area (Å²) in [5.74, 6) is -0.229. The number of hydrogen-bond acceptors (Lipinski definition) is 6. The number of hydrogen-bond donors (Lipinski definition) is 0. The van der Waals surface area contributed by atoms with Gasteiger partial charge in [0.25, 0.3) is 5.69 Å². The van der Waals surface area contributed by atoms with Crippen LogP contribution in [0.5, 0.6) is 0 Å². The number of rotatable bonds is 5. The molecule has 0 saturated heterocycles. The number of benzene rings is 1. The molecular formula is C10H12ClNO6S2. The minimum absolute atomic E-state index is 0.229. The average Bonchev–Trinajstić information content (AvgIpc) is 2.35. The van der Waals surface area contributed by atoms with Crippen LogP contribution in [0.4, 0.5) is 5.69 Å². The lowest BCUT2D eigenvalue weighted by Crippen LogP contribution is -2.20. The topological polar surface area (TPSA) is 111 Å². The zero-order chi connectivity index (χ0) is 15.7. The first-order chi connectivity index (χ1) is 9.01. The summed E-state index contributed by atoms with van der Waals surface area (Å²) in [7, 11) is -7.67. The highest BCUT2D eigenvalue weighted by atomic mass is 35.5. The molecule has 1 atom stereocenters. The first-order valence-electron chi connectivity index (χ1n) is 5.30. The Balaban J connectivity index is 3.63. The SMILES string of the molecule is CC(CCl)S(=O)(=O)c1ccc(S(C)(=O)=O)cc1[N+](=O)[O-]. The van der Waals surface area contributed by atoms with Gasteiger partial charge < -0.3 is 0 Å². The van der Waals surface area contributed by atoms with Gasteiger partial charge in [-0.15, -0.1) is 11.6 Å². The molecule has 10 heteroatoms. The van der Waals surface area contributed by atoms with Gasteiger partial charge in [0.2, 0.25) is 0 Å². The molecule has 1 aromatic rings. The minimum atomic E-state index is -4.00. The third-order valence-electron chi connectivity index (χ3n) is 2.61. The Labute approximate surface area is 121 Å². The quantitative estimate of drug-likeness (QED) is 0.454. The van der Waals surface area contributed by atoms with Gasteiger partial charge in [0, 0.05) is 18.2 Å². The van der Waals surface area contributed by atoms with Crippen molar-refractivity contribution in [2.24, 2.45) is 0 Å². The first-order valence-corrected chi connectivity index (χ1v) is 9.27. The highest BCUT2D eigenvalue weighted by Gasteiger charge is 2.31. The molecule has 0 heterocycles. The van der Waals surface area contributed by atoms with Crippen LogP contribution in [0.3, 0.4) is 0 Å². The van der Waals surface area contributed by atoms with Crippen LogP contribution in [0.1, 0.15) is 6.92 Å². The monoisotopic (exact) mass is 341 g/mol. The number of alkyl halides is 1. The van der Waals surface area contributed by atoms with E-state index in [1.807, 2.05) is 0 Å². The normalized spacial score (nSPS) is 13.9. The number of nitro benzene ring substituents is 1. The third kappa shape index (κ3) is 3.28. The van der Waals surface area contributed by atoms with E-state index < -0.39 is 40.4 Å². The largest absolute Gasteiger partial charge is 0.289 e. The molecule has 0 bridgehead atoms. The lowest BCUT2D eigenvalue weighted by atomic mass is 10.3. The van der Waals surface area contributed by atoms with Crippen LogP contribution < -0.4 is 0 Å². The van der Waals surface area contributed by atoms with E-state index in [-0.39, 0.29) is 10.8 Å². The standard InChI is InChI=1S/C10H12ClNO6S2/c1-7(6-11)20(17,18)10-4-3-8(19(2,15)16)5-9(10)12(13)14/h3-5,7H,6H2,1-2H3. The van der Waals surface area contributed by atoms with Gasteiger partial charge in [0.15, 0.2) is 19.7 Å². The summed E-state index contributed by atoms with van der Waals surface area (Å²) in [5.41, 5.74) is -0.773. The summed E-state index contributed by atoms with van der Waals surface area (Å²) in [4.78, 5) is 9.19. The van der Waals surface area contributed by atoms with E-state index >= 15 is 0 Å². The van der Waals surface area contributed by atoms with Crippen LogP contribution >= 0.6 is 11.6 Å². The van der Waals surface area contributed by atoms with Gasteiger partial charge in [-0.3, -0.25) is 10.1 Å². The average molecular weight is 342 g/mol. The maximum Gasteiger partial charge on any atom is 0.289 e. The summed E-state index contributed by atoms with van der Waals surface area (Å²) in [6, 6.07) is 2.69.